The lowest BCUT2D eigenvalue weighted by molar-refractivity contribution is 0.102. The Hall–Kier alpha value is -3.99. The van der Waals surface area contributed by atoms with Crippen LogP contribution in [0.4, 0.5) is 17.7 Å². The molecule has 0 bridgehead atoms. The lowest BCUT2D eigenvalue weighted by Crippen LogP contribution is -2.36. The Labute approximate surface area is 183 Å². The van der Waals surface area contributed by atoms with Gasteiger partial charge in [-0.15, -0.1) is 0 Å². The van der Waals surface area contributed by atoms with E-state index in [1.54, 1.807) is 30.1 Å². The van der Waals surface area contributed by atoms with Gasteiger partial charge in [0.25, 0.3) is 11.9 Å². The molecule has 1 aliphatic rings. The van der Waals surface area contributed by atoms with Gasteiger partial charge in [-0.1, -0.05) is 6.07 Å². The number of amides is 1. The molecule has 11 heteroatoms. The van der Waals surface area contributed by atoms with E-state index in [4.69, 9.17) is 9.15 Å². The van der Waals surface area contributed by atoms with Gasteiger partial charge in [-0.3, -0.25) is 9.48 Å². The van der Waals surface area contributed by atoms with Gasteiger partial charge in [-0.2, -0.15) is 10.1 Å². The number of fused-ring (bicyclic) bond motifs is 1. The Bertz CT molecular complexity index is 1280. The normalized spacial score (nSPS) is 14.0. The Kier molecular flexibility index (Phi) is 5.15. The van der Waals surface area contributed by atoms with Crippen molar-refractivity contribution in [1.82, 2.24) is 24.7 Å². The van der Waals surface area contributed by atoms with Crippen molar-refractivity contribution in [2.75, 3.05) is 48.9 Å². The average molecular weight is 434 g/mol. The highest BCUT2D eigenvalue weighted by Gasteiger charge is 2.21. The average Bonchev–Trinajstić information content (AvgIpc) is 3.44. The molecule has 1 fully saturated rings. The second-order valence-corrected chi connectivity index (χ2v) is 7.32. The van der Waals surface area contributed by atoms with Crippen LogP contribution in [0.5, 0.6) is 0 Å². The third-order valence-electron chi connectivity index (χ3n) is 5.13. The van der Waals surface area contributed by atoms with Crippen LogP contribution >= 0.6 is 0 Å². The van der Waals surface area contributed by atoms with Crippen molar-refractivity contribution in [3.63, 3.8) is 0 Å². The topological polar surface area (TPSA) is 123 Å². The molecular weight excluding hydrogens is 412 g/mol. The molecule has 4 aromatic rings. The molecular formula is C21H22N8O3. The summed E-state index contributed by atoms with van der Waals surface area (Å²) in [5, 5.41) is 9.97. The first-order chi connectivity index (χ1) is 15.6. The van der Waals surface area contributed by atoms with E-state index in [0.29, 0.717) is 66.4 Å². The Balaban J connectivity index is 1.42. The van der Waals surface area contributed by atoms with E-state index in [1.165, 1.54) is 0 Å². The summed E-state index contributed by atoms with van der Waals surface area (Å²) in [7, 11) is 3.54. The molecule has 0 unspecified atom stereocenters. The fraction of sp³-hybridized carbons (Fsp3) is 0.286. The Morgan fingerprint density at radius 2 is 2.00 bits per heavy atom. The standard InChI is InChI=1S/C21H22N8O3/c1-22-18-14(10-16-19(26-18)27-21(32-16)29-6-8-31-9-7-29)20(30)25-17-5-3-4-15(24-17)13-11-23-28(2)12-13/h3-5,10-12H,6-9H2,1-2H3,(H,22,26)(H,24,25,30). The number of nitrogens with zero attached hydrogens (tertiary/aromatic N) is 6. The maximum atomic E-state index is 13.1. The van der Waals surface area contributed by atoms with Crippen LogP contribution in [0.1, 0.15) is 10.4 Å². The number of aryl methyl sites for hydroxylation is 1. The molecule has 11 nitrogen and oxygen atoms in total. The minimum atomic E-state index is -0.357. The number of carbonyl (C=O) groups is 1. The number of hydrogen-bond acceptors (Lipinski definition) is 9. The van der Waals surface area contributed by atoms with Gasteiger partial charge in [0.05, 0.1) is 30.7 Å². The summed E-state index contributed by atoms with van der Waals surface area (Å²) in [5.74, 6) is 0.467. The van der Waals surface area contributed by atoms with Crippen LogP contribution in [-0.4, -0.2) is 64.0 Å². The molecule has 0 aromatic carbocycles. The zero-order valence-electron chi connectivity index (χ0n) is 17.7. The lowest BCUT2D eigenvalue weighted by atomic mass is 10.2. The van der Waals surface area contributed by atoms with Crippen LogP contribution in [0.3, 0.4) is 0 Å². The highest BCUT2D eigenvalue weighted by Crippen LogP contribution is 2.26. The van der Waals surface area contributed by atoms with Crippen LogP contribution in [0.2, 0.25) is 0 Å². The van der Waals surface area contributed by atoms with Gasteiger partial charge in [0, 0.05) is 45.0 Å². The first kappa shape index (κ1) is 19.9. The molecule has 32 heavy (non-hydrogen) atoms. The van der Waals surface area contributed by atoms with Crippen molar-refractivity contribution >= 4 is 34.8 Å². The summed E-state index contributed by atoms with van der Waals surface area (Å²) >= 11 is 0. The molecule has 0 spiro atoms. The number of pyridine rings is 2. The number of nitrogens with one attached hydrogen (secondary N) is 2. The zero-order chi connectivity index (χ0) is 22.1. The predicted octanol–water partition coefficient (Wildman–Crippen LogP) is 2.15. The molecule has 1 saturated heterocycles. The zero-order valence-corrected chi connectivity index (χ0v) is 17.7. The quantitative estimate of drug-likeness (QED) is 0.486. The fourth-order valence-electron chi connectivity index (χ4n) is 3.51. The third-order valence-corrected chi connectivity index (χ3v) is 5.13. The number of hydrogen-bond donors (Lipinski definition) is 2. The second-order valence-electron chi connectivity index (χ2n) is 7.32. The third kappa shape index (κ3) is 3.85. The number of rotatable bonds is 5. The molecule has 5 heterocycles. The maximum absolute atomic E-state index is 13.1. The van der Waals surface area contributed by atoms with Gasteiger partial charge < -0.3 is 24.7 Å². The first-order valence-electron chi connectivity index (χ1n) is 10.2. The van der Waals surface area contributed by atoms with Crippen LogP contribution in [-0.2, 0) is 11.8 Å². The Morgan fingerprint density at radius 3 is 2.75 bits per heavy atom. The fourth-order valence-corrected chi connectivity index (χ4v) is 3.51. The number of oxazole rings is 1. The number of ether oxygens (including phenoxy) is 1. The monoisotopic (exact) mass is 434 g/mol. The van der Waals surface area contributed by atoms with E-state index in [1.807, 2.05) is 30.3 Å². The van der Waals surface area contributed by atoms with E-state index >= 15 is 0 Å². The van der Waals surface area contributed by atoms with Gasteiger partial charge in [0.1, 0.15) is 11.6 Å². The summed E-state index contributed by atoms with van der Waals surface area (Å²) in [6, 6.07) is 7.54. The van der Waals surface area contributed by atoms with E-state index in [0.717, 1.165) is 5.56 Å². The number of carbonyl (C=O) groups excluding carboxylic acids is 1. The van der Waals surface area contributed by atoms with Gasteiger partial charge in [-0.05, 0) is 12.1 Å². The number of morpholine rings is 1. The van der Waals surface area contributed by atoms with Crippen molar-refractivity contribution in [2.45, 2.75) is 0 Å². The number of anilines is 3. The highest BCUT2D eigenvalue weighted by atomic mass is 16.5. The summed E-state index contributed by atoms with van der Waals surface area (Å²) in [6.07, 6.45) is 3.59. The molecule has 0 aliphatic carbocycles. The molecule has 0 saturated carbocycles. The van der Waals surface area contributed by atoms with Crippen LogP contribution in [0.15, 0.2) is 41.1 Å². The minimum absolute atomic E-state index is 0.332. The van der Waals surface area contributed by atoms with Crippen LogP contribution in [0.25, 0.3) is 22.5 Å². The van der Waals surface area contributed by atoms with E-state index in [2.05, 4.69) is 30.7 Å². The van der Waals surface area contributed by atoms with E-state index in [-0.39, 0.29) is 5.91 Å². The maximum Gasteiger partial charge on any atom is 0.300 e. The van der Waals surface area contributed by atoms with Crippen molar-refractivity contribution in [1.29, 1.82) is 0 Å². The predicted molar refractivity (Wildman–Crippen MR) is 119 cm³/mol. The Morgan fingerprint density at radius 1 is 1.16 bits per heavy atom. The molecule has 2 N–H and O–H groups in total. The smallest absolute Gasteiger partial charge is 0.300 e. The minimum Gasteiger partial charge on any atom is -0.422 e. The molecule has 164 valence electrons. The largest absolute Gasteiger partial charge is 0.422 e. The summed E-state index contributed by atoms with van der Waals surface area (Å²) in [6.45, 7) is 2.62. The van der Waals surface area contributed by atoms with Crippen molar-refractivity contribution in [3.8, 4) is 11.3 Å². The molecule has 1 aliphatic heterocycles. The summed E-state index contributed by atoms with van der Waals surface area (Å²) in [5.41, 5.74) is 2.78. The van der Waals surface area contributed by atoms with E-state index < -0.39 is 0 Å². The van der Waals surface area contributed by atoms with Gasteiger partial charge in [-0.25, -0.2) is 9.97 Å². The van der Waals surface area contributed by atoms with Crippen LogP contribution in [0, 0.1) is 0 Å². The molecule has 1 amide bonds. The van der Waals surface area contributed by atoms with E-state index in [9.17, 15) is 4.79 Å². The van der Waals surface area contributed by atoms with Crippen LogP contribution < -0.4 is 15.5 Å². The van der Waals surface area contributed by atoms with Crippen molar-refractivity contribution < 1.29 is 13.9 Å². The first-order valence-corrected chi connectivity index (χ1v) is 10.2. The highest BCUT2D eigenvalue weighted by molar-refractivity contribution is 6.08. The summed E-state index contributed by atoms with van der Waals surface area (Å²) in [4.78, 5) is 28.5. The second kappa shape index (κ2) is 8.27. The van der Waals surface area contributed by atoms with Gasteiger partial charge in [0.15, 0.2) is 5.58 Å². The lowest BCUT2D eigenvalue weighted by Gasteiger charge is -2.24. The van der Waals surface area contributed by atoms with Crippen molar-refractivity contribution in [2.24, 2.45) is 7.05 Å². The molecule has 5 rings (SSSR count). The molecule has 0 atom stereocenters. The number of aromatic nitrogens is 5. The molecule has 4 aromatic heterocycles. The summed E-state index contributed by atoms with van der Waals surface area (Å²) < 4.78 is 13.0. The molecule has 0 radical (unpaired) electrons. The van der Waals surface area contributed by atoms with Gasteiger partial charge >= 0.3 is 0 Å². The van der Waals surface area contributed by atoms with Gasteiger partial charge in [0.2, 0.25) is 5.65 Å². The SMILES string of the molecule is CNc1nc2nc(N3CCOCC3)oc2cc1C(=O)Nc1cccc(-c2cnn(C)c2)n1. The van der Waals surface area contributed by atoms with Crippen molar-refractivity contribution in [3.05, 3.63) is 42.2 Å².